The Labute approximate surface area is 215 Å². The van der Waals surface area contributed by atoms with Gasteiger partial charge in [0.15, 0.2) is 17.1 Å². The van der Waals surface area contributed by atoms with Gasteiger partial charge in [0, 0.05) is 12.2 Å². The monoisotopic (exact) mass is 518 g/mol. The first-order valence-electron chi connectivity index (χ1n) is 11.6. The number of aryl methyl sites for hydroxylation is 1. The van der Waals surface area contributed by atoms with Crippen molar-refractivity contribution in [3.8, 4) is 11.5 Å². The quantitative estimate of drug-likeness (QED) is 0.330. The molecule has 0 fully saturated rings. The Morgan fingerprint density at radius 1 is 1.05 bits per heavy atom. The number of rotatable bonds is 9. The largest absolute Gasteiger partial charge is 0.493 e. The molecular weight excluding hydrogens is 484 g/mol. The van der Waals surface area contributed by atoms with Crippen LogP contribution in [0.15, 0.2) is 30.5 Å². The van der Waals surface area contributed by atoms with Crippen LogP contribution in [0.2, 0.25) is 0 Å². The zero-order valence-corrected chi connectivity index (χ0v) is 21.5. The van der Waals surface area contributed by atoms with E-state index in [0.717, 1.165) is 23.6 Å². The Hall–Kier alpha value is -3.70. The Kier molecular flexibility index (Phi) is 9.98. The zero-order chi connectivity index (χ0) is 27.9. The second-order valence-corrected chi connectivity index (χ2v) is 9.29. The van der Waals surface area contributed by atoms with Crippen LogP contribution in [-0.2, 0) is 20.8 Å². The SMILES string of the molecule is COc1cc2c(cc1OC)[C@@H](C(C)C)N[C@@H](c1ccc(C)cn1)C2.O=C(O)CC(O)(CC(=O)O)C(=O)O. The number of carboxylic acids is 3. The van der Waals surface area contributed by atoms with Crippen LogP contribution in [0.25, 0.3) is 0 Å². The molecule has 0 aliphatic carbocycles. The number of nitrogens with one attached hydrogen (secondary N) is 1. The van der Waals surface area contributed by atoms with Gasteiger partial charge in [-0.05, 0) is 54.2 Å². The number of nitrogens with zero attached hydrogens (tertiary/aromatic N) is 1. The van der Waals surface area contributed by atoms with E-state index in [9.17, 15) is 14.4 Å². The first-order valence-corrected chi connectivity index (χ1v) is 11.6. The molecule has 0 saturated carbocycles. The van der Waals surface area contributed by atoms with Crippen LogP contribution < -0.4 is 14.8 Å². The average molecular weight is 519 g/mol. The first-order chi connectivity index (χ1) is 17.3. The molecule has 2 aromatic rings. The molecule has 0 bridgehead atoms. The summed E-state index contributed by atoms with van der Waals surface area (Å²) in [5, 5.41) is 37.6. The molecule has 1 aliphatic heterocycles. The minimum Gasteiger partial charge on any atom is -0.493 e. The van der Waals surface area contributed by atoms with Gasteiger partial charge in [0.05, 0.1) is 38.8 Å². The molecule has 0 spiro atoms. The summed E-state index contributed by atoms with van der Waals surface area (Å²) in [4.78, 5) is 35.1. The van der Waals surface area contributed by atoms with Crippen molar-refractivity contribution in [3.63, 3.8) is 0 Å². The van der Waals surface area contributed by atoms with Gasteiger partial charge in [0.25, 0.3) is 0 Å². The zero-order valence-electron chi connectivity index (χ0n) is 21.5. The lowest BCUT2D eigenvalue weighted by molar-refractivity contribution is -0.170. The number of benzene rings is 1. The summed E-state index contributed by atoms with van der Waals surface area (Å²) < 4.78 is 11.0. The summed E-state index contributed by atoms with van der Waals surface area (Å²) in [6.45, 7) is 6.54. The molecule has 11 nitrogen and oxygen atoms in total. The number of carboxylic acid groups (broad SMARTS) is 3. The van der Waals surface area contributed by atoms with E-state index in [4.69, 9.17) is 29.9 Å². The molecule has 11 heteroatoms. The third-order valence-electron chi connectivity index (χ3n) is 6.03. The maximum absolute atomic E-state index is 10.3. The van der Waals surface area contributed by atoms with E-state index in [2.05, 4.69) is 55.3 Å². The number of pyridine rings is 1. The predicted octanol–water partition coefficient (Wildman–Crippen LogP) is 2.74. The lowest BCUT2D eigenvalue weighted by Crippen LogP contribution is -2.42. The van der Waals surface area contributed by atoms with Gasteiger partial charge in [-0.3, -0.25) is 14.6 Å². The van der Waals surface area contributed by atoms with Gasteiger partial charge in [0.2, 0.25) is 0 Å². The fraction of sp³-hybridized carbons (Fsp3) is 0.462. The minimum absolute atomic E-state index is 0.212. The predicted molar refractivity (Wildman–Crippen MR) is 133 cm³/mol. The standard InChI is InChI=1S/C20H26N2O2.C6H8O7/c1-12(2)20-15-10-19(24-5)18(23-4)9-14(15)8-17(22-20)16-7-6-13(3)11-21-16;7-3(8)1-6(13,5(11)12)2-4(9)10/h6-7,9-12,17,20,22H,8H2,1-5H3;13H,1-2H2,(H,7,8)(H,9,10)(H,11,12)/t17-,20-;/m1./s1. The minimum atomic E-state index is -2.74. The van der Waals surface area contributed by atoms with Crippen molar-refractivity contribution in [1.82, 2.24) is 10.3 Å². The van der Waals surface area contributed by atoms with E-state index >= 15 is 0 Å². The van der Waals surface area contributed by atoms with Crippen LogP contribution >= 0.6 is 0 Å². The average Bonchev–Trinajstić information content (AvgIpc) is 2.82. The van der Waals surface area contributed by atoms with Crippen LogP contribution in [0.1, 0.15) is 61.2 Å². The number of hydrogen-bond acceptors (Lipinski definition) is 8. The lowest BCUT2D eigenvalue weighted by atomic mass is 9.83. The number of carbonyl (C=O) groups is 3. The fourth-order valence-electron chi connectivity index (χ4n) is 4.13. The highest BCUT2D eigenvalue weighted by molar-refractivity contribution is 5.88. The van der Waals surface area contributed by atoms with Crippen molar-refractivity contribution < 1.29 is 44.3 Å². The van der Waals surface area contributed by atoms with Crippen molar-refractivity contribution in [3.05, 3.63) is 52.8 Å². The maximum Gasteiger partial charge on any atom is 0.336 e. The van der Waals surface area contributed by atoms with Crippen molar-refractivity contribution in [2.75, 3.05) is 14.2 Å². The molecule has 3 rings (SSSR count). The number of methoxy groups -OCH3 is 2. The molecular formula is C26H34N2O9. The van der Waals surface area contributed by atoms with Gasteiger partial charge in [-0.2, -0.15) is 0 Å². The Bertz CT molecular complexity index is 1100. The third-order valence-corrected chi connectivity index (χ3v) is 6.03. The van der Waals surface area contributed by atoms with E-state index in [-0.39, 0.29) is 12.1 Å². The topological polar surface area (TPSA) is 176 Å². The van der Waals surface area contributed by atoms with E-state index in [1.54, 1.807) is 14.2 Å². The summed E-state index contributed by atoms with van der Waals surface area (Å²) in [5.74, 6) is -2.98. The van der Waals surface area contributed by atoms with Crippen molar-refractivity contribution in [2.45, 2.75) is 57.7 Å². The number of aliphatic carboxylic acids is 3. The molecule has 2 atom stereocenters. The molecule has 0 unspecified atom stereocenters. The molecule has 5 N–H and O–H groups in total. The second kappa shape index (κ2) is 12.5. The highest BCUT2D eigenvalue weighted by Crippen LogP contribution is 2.41. The van der Waals surface area contributed by atoms with Crippen molar-refractivity contribution in [1.29, 1.82) is 0 Å². The van der Waals surface area contributed by atoms with Gasteiger partial charge in [-0.1, -0.05) is 19.9 Å². The number of aromatic nitrogens is 1. The smallest absolute Gasteiger partial charge is 0.336 e. The van der Waals surface area contributed by atoms with E-state index in [0.29, 0.717) is 5.92 Å². The molecule has 0 saturated heterocycles. The van der Waals surface area contributed by atoms with E-state index in [1.807, 2.05) is 6.20 Å². The van der Waals surface area contributed by atoms with Crippen LogP contribution in [-0.4, -0.2) is 63.1 Å². The lowest BCUT2D eigenvalue weighted by Gasteiger charge is -2.36. The third kappa shape index (κ3) is 7.64. The molecule has 202 valence electrons. The molecule has 37 heavy (non-hydrogen) atoms. The fourth-order valence-corrected chi connectivity index (χ4v) is 4.13. The number of fused-ring (bicyclic) bond motifs is 1. The number of hydrogen-bond donors (Lipinski definition) is 5. The molecule has 0 radical (unpaired) electrons. The number of aliphatic hydroxyl groups is 1. The van der Waals surface area contributed by atoms with E-state index in [1.165, 1.54) is 16.7 Å². The van der Waals surface area contributed by atoms with Crippen LogP contribution in [0.4, 0.5) is 0 Å². The van der Waals surface area contributed by atoms with Crippen molar-refractivity contribution >= 4 is 17.9 Å². The Morgan fingerprint density at radius 2 is 1.62 bits per heavy atom. The van der Waals surface area contributed by atoms with Gasteiger partial charge < -0.3 is 35.2 Å². The van der Waals surface area contributed by atoms with Crippen LogP contribution in [0.5, 0.6) is 11.5 Å². The maximum atomic E-state index is 10.3. The Balaban J connectivity index is 0.000000317. The highest BCUT2D eigenvalue weighted by atomic mass is 16.5. The van der Waals surface area contributed by atoms with Crippen molar-refractivity contribution in [2.24, 2.45) is 5.92 Å². The summed E-state index contributed by atoms with van der Waals surface area (Å²) in [6, 6.07) is 8.95. The molecule has 1 aromatic heterocycles. The summed E-state index contributed by atoms with van der Waals surface area (Å²) in [6.07, 6.45) is 0.545. The first kappa shape index (κ1) is 29.5. The van der Waals surface area contributed by atoms with Gasteiger partial charge in [-0.15, -0.1) is 0 Å². The van der Waals surface area contributed by atoms with Crippen LogP contribution in [0.3, 0.4) is 0 Å². The molecule has 1 aliphatic rings. The van der Waals surface area contributed by atoms with Gasteiger partial charge in [-0.25, -0.2) is 4.79 Å². The number of ether oxygens (including phenoxy) is 2. The summed E-state index contributed by atoms with van der Waals surface area (Å²) in [7, 11) is 3.37. The normalized spacial score (nSPS) is 16.7. The summed E-state index contributed by atoms with van der Waals surface area (Å²) in [5.41, 5.74) is 2.13. The van der Waals surface area contributed by atoms with Gasteiger partial charge in [0.1, 0.15) is 0 Å². The highest BCUT2D eigenvalue weighted by Gasteiger charge is 2.40. The van der Waals surface area contributed by atoms with E-state index < -0.39 is 36.4 Å². The van der Waals surface area contributed by atoms with Gasteiger partial charge >= 0.3 is 17.9 Å². The molecule has 2 heterocycles. The Morgan fingerprint density at radius 3 is 2.05 bits per heavy atom. The summed E-state index contributed by atoms with van der Waals surface area (Å²) >= 11 is 0. The molecule has 0 amide bonds. The molecule has 1 aromatic carbocycles. The second-order valence-electron chi connectivity index (χ2n) is 9.29. The van der Waals surface area contributed by atoms with Crippen LogP contribution in [0, 0.1) is 12.8 Å².